The van der Waals surface area contributed by atoms with Crippen molar-refractivity contribution in [1.29, 1.82) is 0 Å². The molecule has 1 aromatic carbocycles. The molecule has 136 valence electrons. The van der Waals surface area contributed by atoms with Crippen molar-refractivity contribution in [3.05, 3.63) is 58.1 Å². The monoisotopic (exact) mass is 379 g/mol. The van der Waals surface area contributed by atoms with Gasteiger partial charge in [-0.1, -0.05) is 18.1 Å². The Morgan fingerprint density at radius 2 is 2.15 bits per heavy atom. The van der Waals surface area contributed by atoms with Crippen LogP contribution in [0.25, 0.3) is 11.5 Å². The number of aromatic amines is 1. The summed E-state index contributed by atoms with van der Waals surface area (Å²) in [6.45, 7) is 1.84. The Hall–Kier alpha value is -2.81. The topological polar surface area (TPSA) is 73.1 Å². The van der Waals surface area contributed by atoms with E-state index >= 15 is 0 Å². The molecular weight excluding hydrogens is 364 g/mol. The van der Waals surface area contributed by atoms with Gasteiger partial charge in [-0.3, -0.25) is 0 Å². The van der Waals surface area contributed by atoms with Crippen LogP contribution in [0.15, 0.2) is 35.0 Å². The summed E-state index contributed by atoms with van der Waals surface area (Å²) in [5, 5.41) is 3.63. The number of carbonyl (C=O) groups excluding carboxylic acids is 1. The van der Waals surface area contributed by atoms with Crippen LogP contribution in [0.4, 0.5) is 8.78 Å². The van der Waals surface area contributed by atoms with Gasteiger partial charge in [-0.15, -0.1) is 0 Å². The summed E-state index contributed by atoms with van der Waals surface area (Å²) in [5.41, 5.74) is 0.891. The summed E-state index contributed by atoms with van der Waals surface area (Å²) >= 11 is 5.37. The van der Waals surface area contributed by atoms with E-state index in [2.05, 4.69) is 10.1 Å². The molecule has 0 bridgehead atoms. The Bertz CT molecular complexity index is 995. The van der Waals surface area contributed by atoms with Gasteiger partial charge in [0.2, 0.25) is 0 Å². The first-order valence-corrected chi connectivity index (χ1v) is 8.17. The van der Waals surface area contributed by atoms with Gasteiger partial charge in [0, 0.05) is 6.07 Å². The molecule has 2 aromatic heterocycles. The Labute approximate surface area is 152 Å². The highest BCUT2D eigenvalue weighted by Crippen LogP contribution is 2.31. The minimum Gasteiger partial charge on any atom is -0.464 e. The predicted molar refractivity (Wildman–Crippen MR) is 91.2 cm³/mol. The highest BCUT2D eigenvalue weighted by molar-refractivity contribution is 7.71. The van der Waals surface area contributed by atoms with Crippen LogP contribution < -0.4 is 0 Å². The number of nitrogens with zero attached hydrogens (tertiary/aromatic N) is 2. The van der Waals surface area contributed by atoms with E-state index in [1.165, 1.54) is 23.9 Å². The molecule has 0 aliphatic rings. The van der Waals surface area contributed by atoms with Gasteiger partial charge in [0.05, 0.1) is 19.3 Å². The Morgan fingerprint density at radius 1 is 1.38 bits per heavy atom. The number of H-pyrrole nitrogens is 1. The first kappa shape index (κ1) is 18.0. The summed E-state index contributed by atoms with van der Waals surface area (Å²) < 4.78 is 38.7. The quantitative estimate of drug-likeness (QED) is 0.530. The first-order valence-electron chi connectivity index (χ1n) is 7.76. The molecule has 1 N–H and O–H groups in total. The van der Waals surface area contributed by atoms with Crippen molar-refractivity contribution in [3.8, 4) is 11.5 Å². The maximum Gasteiger partial charge on any atom is 0.357 e. The molecule has 9 heteroatoms. The van der Waals surface area contributed by atoms with Crippen LogP contribution in [0.1, 0.15) is 35.4 Å². The standard InChI is InChI=1S/C17H15F2N3O3S/c1-3-12(9-4-5-10(18)11(19)8-9)22-15(16(23)24-2)14(21-17(22)26)13-6-7-20-25-13/h4-8,12H,3H2,1-2H3,(H,21,26)/t12-/m1/s1. The third kappa shape index (κ3) is 3.05. The molecule has 0 fully saturated rings. The van der Waals surface area contributed by atoms with E-state index in [1.807, 2.05) is 6.92 Å². The van der Waals surface area contributed by atoms with E-state index in [0.717, 1.165) is 12.1 Å². The van der Waals surface area contributed by atoms with E-state index in [9.17, 15) is 13.6 Å². The lowest BCUT2D eigenvalue weighted by atomic mass is 10.0. The summed E-state index contributed by atoms with van der Waals surface area (Å²) in [6, 6.07) is 4.64. The lowest BCUT2D eigenvalue weighted by molar-refractivity contribution is 0.0587. The number of ether oxygens (including phenoxy) is 1. The van der Waals surface area contributed by atoms with Gasteiger partial charge >= 0.3 is 5.97 Å². The summed E-state index contributed by atoms with van der Waals surface area (Å²) in [7, 11) is 1.24. The SMILES string of the molecule is CC[C@H](c1ccc(F)c(F)c1)n1c(C(=O)OC)c(-c2ccno2)[nH]c1=S. The lowest BCUT2D eigenvalue weighted by Crippen LogP contribution is -2.18. The van der Waals surface area contributed by atoms with Crippen molar-refractivity contribution in [3.63, 3.8) is 0 Å². The molecule has 0 aliphatic heterocycles. The van der Waals surface area contributed by atoms with E-state index in [4.69, 9.17) is 21.5 Å². The molecule has 0 unspecified atom stereocenters. The van der Waals surface area contributed by atoms with Crippen molar-refractivity contribution < 1.29 is 22.8 Å². The smallest absolute Gasteiger partial charge is 0.357 e. The van der Waals surface area contributed by atoms with Crippen molar-refractivity contribution in [2.24, 2.45) is 0 Å². The van der Waals surface area contributed by atoms with Crippen LogP contribution >= 0.6 is 12.2 Å². The van der Waals surface area contributed by atoms with Crippen molar-refractivity contribution in [1.82, 2.24) is 14.7 Å². The molecular formula is C17H15F2N3O3S. The highest BCUT2D eigenvalue weighted by Gasteiger charge is 2.28. The lowest BCUT2D eigenvalue weighted by Gasteiger charge is -2.20. The normalized spacial score (nSPS) is 12.2. The van der Waals surface area contributed by atoms with Crippen molar-refractivity contribution in [2.45, 2.75) is 19.4 Å². The van der Waals surface area contributed by atoms with Crippen LogP contribution in [0, 0.1) is 16.4 Å². The fraction of sp³-hybridized carbons (Fsp3) is 0.235. The Balaban J connectivity index is 2.23. The molecule has 0 spiro atoms. The highest BCUT2D eigenvalue weighted by atomic mass is 32.1. The van der Waals surface area contributed by atoms with E-state index in [-0.39, 0.29) is 10.5 Å². The molecule has 1 atom stereocenters. The summed E-state index contributed by atoms with van der Waals surface area (Å²) in [6.07, 6.45) is 1.90. The second-order valence-corrected chi connectivity index (χ2v) is 5.88. The van der Waals surface area contributed by atoms with Gasteiger partial charge in [0.25, 0.3) is 0 Å². The molecule has 0 amide bonds. The minimum atomic E-state index is -0.974. The molecule has 6 nitrogen and oxygen atoms in total. The molecule has 0 radical (unpaired) electrons. The average molecular weight is 379 g/mol. The van der Waals surface area contributed by atoms with E-state index < -0.39 is 23.6 Å². The number of hydrogen-bond donors (Lipinski definition) is 1. The number of carbonyl (C=O) groups is 1. The largest absolute Gasteiger partial charge is 0.464 e. The molecule has 0 aliphatic carbocycles. The second kappa shape index (κ2) is 7.20. The van der Waals surface area contributed by atoms with Gasteiger partial charge in [0.1, 0.15) is 5.69 Å². The zero-order chi connectivity index (χ0) is 18.8. The zero-order valence-corrected chi connectivity index (χ0v) is 14.8. The fourth-order valence-electron chi connectivity index (χ4n) is 2.85. The summed E-state index contributed by atoms with van der Waals surface area (Å²) in [4.78, 5) is 15.3. The molecule has 0 saturated carbocycles. The third-order valence-corrected chi connectivity index (χ3v) is 4.32. The van der Waals surface area contributed by atoms with Crippen LogP contribution in [0.2, 0.25) is 0 Å². The second-order valence-electron chi connectivity index (χ2n) is 5.49. The Kier molecular flexibility index (Phi) is 4.99. The molecule has 3 rings (SSSR count). The average Bonchev–Trinajstić information content (AvgIpc) is 3.26. The van der Waals surface area contributed by atoms with Gasteiger partial charge < -0.3 is 18.8 Å². The van der Waals surface area contributed by atoms with Crippen molar-refractivity contribution in [2.75, 3.05) is 7.11 Å². The van der Waals surface area contributed by atoms with E-state index in [0.29, 0.717) is 23.4 Å². The van der Waals surface area contributed by atoms with Gasteiger partial charge in [-0.2, -0.15) is 0 Å². The van der Waals surface area contributed by atoms with Gasteiger partial charge in [-0.05, 0) is 36.3 Å². The summed E-state index contributed by atoms with van der Waals surface area (Å²) in [5.74, 6) is -2.27. The maximum atomic E-state index is 13.7. The number of methoxy groups -OCH3 is 1. The van der Waals surface area contributed by atoms with Crippen LogP contribution in [0.3, 0.4) is 0 Å². The zero-order valence-electron chi connectivity index (χ0n) is 14.0. The third-order valence-electron chi connectivity index (χ3n) is 4.02. The van der Waals surface area contributed by atoms with Crippen LogP contribution in [0.5, 0.6) is 0 Å². The predicted octanol–water partition coefficient (Wildman–Crippen LogP) is 4.26. The van der Waals surface area contributed by atoms with E-state index in [1.54, 1.807) is 6.07 Å². The minimum absolute atomic E-state index is 0.117. The number of rotatable bonds is 5. The maximum absolute atomic E-state index is 13.7. The van der Waals surface area contributed by atoms with Gasteiger partial charge in [0.15, 0.2) is 27.9 Å². The number of aromatic nitrogens is 3. The molecule has 3 aromatic rings. The molecule has 26 heavy (non-hydrogen) atoms. The van der Waals surface area contributed by atoms with Crippen molar-refractivity contribution >= 4 is 18.2 Å². The molecule has 2 heterocycles. The van der Waals surface area contributed by atoms with Crippen LogP contribution in [-0.2, 0) is 4.74 Å². The number of hydrogen-bond acceptors (Lipinski definition) is 5. The van der Waals surface area contributed by atoms with Crippen LogP contribution in [-0.4, -0.2) is 27.8 Å². The van der Waals surface area contributed by atoms with Gasteiger partial charge in [-0.25, -0.2) is 13.6 Å². The number of esters is 1. The number of benzene rings is 1. The first-order chi connectivity index (χ1) is 12.5. The fourth-order valence-corrected chi connectivity index (χ4v) is 3.17. The number of halogens is 2. The Morgan fingerprint density at radius 3 is 2.73 bits per heavy atom. The number of imidazole rings is 1. The number of nitrogens with one attached hydrogen (secondary N) is 1. The molecule has 0 saturated heterocycles.